The molecule has 3 aliphatic carbocycles. The van der Waals surface area contributed by atoms with Crippen LogP contribution in [0.2, 0.25) is 0 Å². The fourth-order valence-electron chi connectivity index (χ4n) is 5.90. The molecule has 2 bridgehead atoms. The van der Waals surface area contributed by atoms with Crippen LogP contribution in [0.5, 0.6) is 0 Å². The van der Waals surface area contributed by atoms with Crippen LogP contribution >= 0.6 is 0 Å². The Labute approximate surface area is 112 Å². The Hall–Kier alpha value is -0.0400. The van der Waals surface area contributed by atoms with Gasteiger partial charge in [0.15, 0.2) is 0 Å². The normalized spacial score (nSPS) is 54.8. The van der Waals surface area contributed by atoms with Crippen LogP contribution in [0.15, 0.2) is 0 Å². The maximum atomic E-state index is 11.3. The molecule has 104 valence electrons. The molecule has 1 N–H and O–H groups in total. The lowest BCUT2D eigenvalue weighted by Gasteiger charge is -2.49. The van der Waals surface area contributed by atoms with Gasteiger partial charge < -0.3 is 5.11 Å². The Kier molecular flexibility index (Phi) is 2.70. The van der Waals surface area contributed by atoms with E-state index < -0.39 is 0 Å². The van der Waals surface area contributed by atoms with Gasteiger partial charge in [-0.3, -0.25) is 0 Å². The number of fused-ring (bicyclic) bond motifs is 2. The molecule has 2 unspecified atom stereocenters. The van der Waals surface area contributed by atoms with E-state index in [0.29, 0.717) is 16.7 Å². The summed E-state index contributed by atoms with van der Waals surface area (Å²) in [5, 5.41) is 11.3. The highest BCUT2D eigenvalue weighted by atomic mass is 16.3. The lowest BCUT2D eigenvalue weighted by Crippen LogP contribution is -2.49. The van der Waals surface area contributed by atoms with Crippen LogP contribution in [-0.4, -0.2) is 10.7 Å². The zero-order valence-electron chi connectivity index (χ0n) is 12.6. The summed E-state index contributed by atoms with van der Waals surface area (Å²) in [6.45, 7) is 9.72. The van der Waals surface area contributed by atoms with Crippen LogP contribution in [0.1, 0.15) is 72.6 Å². The molecule has 0 aliphatic heterocycles. The fourth-order valence-corrected chi connectivity index (χ4v) is 5.90. The molecule has 0 saturated heterocycles. The first kappa shape index (κ1) is 13.0. The molecule has 1 heteroatoms. The second-order valence-electron chi connectivity index (χ2n) is 8.47. The molecule has 0 radical (unpaired) electrons. The van der Waals surface area contributed by atoms with E-state index in [0.717, 1.165) is 24.7 Å². The van der Waals surface area contributed by atoms with Crippen LogP contribution < -0.4 is 0 Å². The average molecular weight is 250 g/mol. The third kappa shape index (κ3) is 1.49. The molecule has 0 aromatic rings. The van der Waals surface area contributed by atoms with Crippen LogP contribution in [0.3, 0.4) is 0 Å². The first-order valence-electron chi connectivity index (χ1n) is 8.02. The topological polar surface area (TPSA) is 20.2 Å². The predicted molar refractivity (Wildman–Crippen MR) is 75.3 cm³/mol. The standard InChI is InChI=1S/C17H30O/c1-12-6-5-8-17(18,11-12)14-10-13-7-9-16(14,4)15(13,2)3/h12-14,18H,5-11H2,1-4H3/t12?,13-,14-,16+,17?/m0/s1. The lowest BCUT2D eigenvalue weighted by molar-refractivity contribution is -0.111. The van der Waals surface area contributed by atoms with Crippen molar-refractivity contribution in [1.29, 1.82) is 0 Å². The largest absolute Gasteiger partial charge is 0.390 e. The third-order valence-corrected chi connectivity index (χ3v) is 7.45. The van der Waals surface area contributed by atoms with Crippen molar-refractivity contribution in [1.82, 2.24) is 0 Å². The SMILES string of the molecule is CC1CCCC(O)([C@H]2C[C@@H]3CC[C@@]2(C)C3(C)C)C1. The van der Waals surface area contributed by atoms with Gasteiger partial charge in [0.1, 0.15) is 0 Å². The minimum absolute atomic E-state index is 0.348. The number of rotatable bonds is 1. The molecule has 18 heavy (non-hydrogen) atoms. The molecule has 5 atom stereocenters. The molecule has 3 rings (SSSR count). The monoisotopic (exact) mass is 250 g/mol. The minimum atomic E-state index is -0.348. The van der Waals surface area contributed by atoms with E-state index in [2.05, 4.69) is 27.7 Å². The summed E-state index contributed by atoms with van der Waals surface area (Å²) in [4.78, 5) is 0. The van der Waals surface area contributed by atoms with Crippen LogP contribution in [0.4, 0.5) is 0 Å². The van der Waals surface area contributed by atoms with Crippen LogP contribution in [0.25, 0.3) is 0 Å². The highest BCUT2D eigenvalue weighted by Gasteiger charge is 2.65. The molecule has 3 fully saturated rings. The van der Waals surface area contributed by atoms with Gasteiger partial charge in [-0.1, -0.05) is 40.5 Å². The molecule has 3 saturated carbocycles. The van der Waals surface area contributed by atoms with E-state index in [1.165, 1.54) is 32.1 Å². The summed E-state index contributed by atoms with van der Waals surface area (Å²) in [7, 11) is 0. The van der Waals surface area contributed by atoms with E-state index in [1.54, 1.807) is 0 Å². The van der Waals surface area contributed by atoms with Crippen molar-refractivity contribution in [3.8, 4) is 0 Å². The summed E-state index contributed by atoms with van der Waals surface area (Å²) >= 11 is 0. The van der Waals surface area contributed by atoms with Gasteiger partial charge >= 0.3 is 0 Å². The first-order chi connectivity index (χ1) is 8.30. The third-order valence-electron chi connectivity index (χ3n) is 7.45. The van der Waals surface area contributed by atoms with Gasteiger partial charge in [0.2, 0.25) is 0 Å². The second kappa shape index (κ2) is 3.75. The van der Waals surface area contributed by atoms with Crippen molar-refractivity contribution in [3.05, 3.63) is 0 Å². The van der Waals surface area contributed by atoms with E-state index in [4.69, 9.17) is 0 Å². The van der Waals surface area contributed by atoms with Crippen molar-refractivity contribution in [2.24, 2.45) is 28.6 Å². The molecule has 1 nitrogen and oxygen atoms in total. The van der Waals surface area contributed by atoms with Crippen molar-refractivity contribution in [3.63, 3.8) is 0 Å². The predicted octanol–water partition coefficient (Wildman–Crippen LogP) is 4.39. The number of aliphatic hydroxyl groups is 1. The Morgan fingerprint density at radius 3 is 2.28 bits per heavy atom. The molecule has 0 aromatic heterocycles. The lowest BCUT2D eigenvalue weighted by atomic mass is 9.58. The maximum absolute atomic E-state index is 11.3. The van der Waals surface area contributed by atoms with E-state index in [-0.39, 0.29) is 5.60 Å². The smallest absolute Gasteiger partial charge is 0.0683 e. The van der Waals surface area contributed by atoms with Gasteiger partial charge in [-0.25, -0.2) is 0 Å². The molecular weight excluding hydrogens is 220 g/mol. The van der Waals surface area contributed by atoms with Crippen molar-refractivity contribution in [2.45, 2.75) is 78.2 Å². The zero-order chi connectivity index (χ0) is 13.2. The second-order valence-corrected chi connectivity index (χ2v) is 8.47. The van der Waals surface area contributed by atoms with E-state index >= 15 is 0 Å². The van der Waals surface area contributed by atoms with Crippen molar-refractivity contribution >= 4 is 0 Å². The number of hydrogen-bond donors (Lipinski definition) is 1. The van der Waals surface area contributed by atoms with Gasteiger partial charge in [-0.05, 0) is 60.7 Å². The van der Waals surface area contributed by atoms with E-state index in [1.807, 2.05) is 0 Å². The van der Waals surface area contributed by atoms with Crippen molar-refractivity contribution < 1.29 is 5.11 Å². The minimum Gasteiger partial charge on any atom is -0.390 e. The van der Waals surface area contributed by atoms with Crippen LogP contribution in [-0.2, 0) is 0 Å². The molecular formula is C17H30O. The van der Waals surface area contributed by atoms with Gasteiger partial charge in [-0.2, -0.15) is 0 Å². The van der Waals surface area contributed by atoms with E-state index in [9.17, 15) is 5.11 Å². The van der Waals surface area contributed by atoms with Gasteiger partial charge in [-0.15, -0.1) is 0 Å². The summed E-state index contributed by atoms with van der Waals surface area (Å²) in [5.41, 5.74) is 0.469. The van der Waals surface area contributed by atoms with Gasteiger partial charge in [0.05, 0.1) is 5.60 Å². The summed E-state index contributed by atoms with van der Waals surface area (Å²) in [6.07, 6.45) is 8.68. The maximum Gasteiger partial charge on any atom is 0.0683 e. The Balaban J connectivity index is 1.90. The molecule has 0 heterocycles. The Morgan fingerprint density at radius 2 is 1.78 bits per heavy atom. The first-order valence-corrected chi connectivity index (χ1v) is 8.02. The van der Waals surface area contributed by atoms with Crippen molar-refractivity contribution in [2.75, 3.05) is 0 Å². The Bertz CT molecular complexity index is 348. The molecule has 0 aromatic carbocycles. The summed E-state index contributed by atoms with van der Waals surface area (Å²) in [6, 6.07) is 0. The summed E-state index contributed by atoms with van der Waals surface area (Å²) in [5.74, 6) is 2.13. The molecule has 0 amide bonds. The zero-order valence-corrected chi connectivity index (χ0v) is 12.6. The van der Waals surface area contributed by atoms with Gasteiger partial charge in [0, 0.05) is 0 Å². The van der Waals surface area contributed by atoms with Crippen LogP contribution in [0, 0.1) is 28.6 Å². The molecule has 0 spiro atoms. The fraction of sp³-hybridized carbons (Fsp3) is 1.00. The highest BCUT2D eigenvalue weighted by molar-refractivity contribution is 5.15. The van der Waals surface area contributed by atoms with Gasteiger partial charge in [0.25, 0.3) is 0 Å². The Morgan fingerprint density at radius 1 is 1.06 bits per heavy atom. The molecule has 3 aliphatic rings. The average Bonchev–Trinajstić information content (AvgIpc) is 2.60. The summed E-state index contributed by atoms with van der Waals surface area (Å²) < 4.78 is 0. The quantitative estimate of drug-likeness (QED) is 0.732. The highest BCUT2D eigenvalue weighted by Crippen LogP contribution is 2.71. The number of hydrogen-bond acceptors (Lipinski definition) is 1.